The van der Waals surface area contributed by atoms with Gasteiger partial charge < -0.3 is 4.57 Å². The number of hydrazine groups is 1. The molecular formula is C11H22N4. The zero-order valence-electron chi connectivity index (χ0n) is 9.90. The van der Waals surface area contributed by atoms with Crippen LogP contribution in [0.1, 0.15) is 44.8 Å². The number of rotatable bonds is 6. The van der Waals surface area contributed by atoms with Gasteiger partial charge in [0.05, 0.1) is 18.1 Å². The predicted molar refractivity (Wildman–Crippen MR) is 62.0 cm³/mol. The zero-order valence-corrected chi connectivity index (χ0v) is 9.90. The molecule has 0 radical (unpaired) electrons. The Morgan fingerprint density at radius 3 is 2.53 bits per heavy atom. The first-order valence-corrected chi connectivity index (χ1v) is 5.65. The number of nitrogens with one attached hydrogen (secondary N) is 1. The van der Waals surface area contributed by atoms with E-state index in [1.54, 1.807) is 0 Å². The number of nitrogens with zero attached hydrogens (tertiary/aromatic N) is 2. The lowest BCUT2D eigenvalue weighted by Crippen LogP contribution is -2.30. The number of aryl methyl sites for hydroxylation is 1. The molecule has 1 aromatic heterocycles. The van der Waals surface area contributed by atoms with E-state index in [1.165, 1.54) is 12.8 Å². The summed E-state index contributed by atoms with van der Waals surface area (Å²) in [5.41, 5.74) is 4.04. The Morgan fingerprint density at radius 2 is 2.13 bits per heavy atom. The summed E-state index contributed by atoms with van der Waals surface area (Å²) in [7, 11) is 2.00. The van der Waals surface area contributed by atoms with Crippen molar-refractivity contribution < 1.29 is 0 Å². The SMILES string of the molecule is CCC(CC)CC(NN)c1cncn1C. The lowest BCUT2D eigenvalue weighted by Gasteiger charge is -2.21. The molecule has 0 amide bonds. The normalized spacial score (nSPS) is 13.4. The Kier molecular flexibility index (Phi) is 4.78. The highest BCUT2D eigenvalue weighted by molar-refractivity contribution is 5.04. The molecule has 3 N–H and O–H groups in total. The van der Waals surface area contributed by atoms with Gasteiger partial charge in [-0.2, -0.15) is 0 Å². The Labute approximate surface area is 91.8 Å². The summed E-state index contributed by atoms with van der Waals surface area (Å²) in [5.74, 6) is 6.32. The minimum absolute atomic E-state index is 0.211. The minimum atomic E-state index is 0.211. The molecule has 4 heteroatoms. The first kappa shape index (κ1) is 12.2. The second-order valence-electron chi connectivity index (χ2n) is 4.07. The van der Waals surface area contributed by atoms with Crippen LogP contribution in [0, 0.1) is 5.92 Å². The molecule has 1 heterocycles. The summed E-state index contributed by atoms with van der Waals surface area (Å²) in [6.45, 7) is 4.45. The van der Waals surface area contributed by atoms with E-state index >= 15 is 0 Å². The zero-order chi connectivity index (χ0) is 11.3. The highest BCUT2D eigenvalue weighted by Gasteiger charge is 2.17. The Morgan fingerprint density at radius 1 is 1.47 bits per heavy atom. The molecule has 0 aliphatic heterocycles. The summed E-state index contributed by atoms with van der Waals surface area (Å²) in [5, 5.41) is 0. The highest BCUT2D eigenvalue weighted by Crippen LogP contribution is 2.23. The van der Waals surface area contributed by atoms with E-state index in [1.807, 2.05) is 24.1 Å². The quantitative estimate of drug-likeness (QED) is 0.555. The Balaban J connectivity index is 2.68. The van der Waals surface area contributed by atoms with Crippen LogP contribution >= 0.6 is 0 Å². The van der Waals surface area contributed by atoms with Gasteiger partial charge in [-0.3, -0.25) is 11.3 Å². The highest BCUT2D eigenvalue weighted by atomic mass is 15.2. The van der Waals surface area contributed by atoms with Gasteiger partial charge in [-0.1, -0.05) is 26.7 Å². The van der Waals surface area contributed by atoms with Crippen LogP contribution in [0.3, 0.4) is 0 Å². The molecule has 0 saturated carbocycles. The molecule has 1 aromatic rings. The maximum atomic E-state index is 5.60. The molecule has 0 bridgehead atoms. The van der Waals surface area contributed by atoms with Gasteiger partial charge in [-0.05, 0) is 12.3 Å². The molecule has 0 aliphatic rings. The van der Waals surface area contributed by atoms with Gasteiger partial charge in [0.2, 0.25) is 0 Å². The molecule has 0 aliphatic carbocycles. The van der Waals surface area contributed by atoms with Gasteiger partial charge in [0.1, 0.15) is 0 Å². The summed E-state index contributed by atoms with van der Waals surface area (Å²) in [6.07, 6.45) is 7.17. The Bertz CT molecular complexity index is 278. The summed E-state index contributed by atoms with van der Waals surface area (Å²) >= 11 is 0. The number of aromatic nitrogens is 2. The molecule has 0 spiro atoms. The molecule has 1 atom stereocenters. The lowest BCUT2D eigenvalue weighted by molar-refractivity contribution is 0.365. The number of hydrogen-bond donors (Lipinski definition) is 2. The van der Waals surface area contributed by atoms with Crippen LogP contribution in [0.15, 0.2) is 12.5 Å². The third kappa shape index (κ3) is 3.04. The monoisotopic (exact) mass is 210 g/mol. The van der Waals surface area contributed by atoms with E-state index in [9.17, 15) is 0 Å². The number of nitrogens with two attached hydrogens (primary N) is 1. The number of imidazole rings is 1. The molecule has 86 valence electrons. The van der Waals surface area contributed by atoms with Gasteiger partial charge in [0.15, 0.2) is 0 Å². The van der Waals surface area contributed by atoms with Crippen molar-refractivity contribution in [3.63, 3.8) is 0 Å². The molecule has 0 fully saturated rings. The molecule has 0 saturated heterocycles. The van der Waals surface area contributed by atoms with E-state index in [0.29, 0.717) is 0 Å². The second-order valence-corrected chi connectivity index (χ2v) is 4.07. The van der Waals surface area contributed by atoms with Crippen molar-refractivity contribution in [2.45, 2.75) is 39.2 Å². The van der Waals surface area contributed by atoms with Crippen molar-refractivity contribution in [3.05, 3.63) is 18.2 Å². The van der Waals surface area contributed by atoms with Crippen LogP contribution in [-0.4, -0.2) is 9.55 Å². The molecule has 1 unspecified atom stereocenters. The van der Waals surface area contributed by atoms with E-state index in [-0.39, 0.29) is 6.04 Å². The van der Waals surface area contributed by atoms with Crippen molar-refractivity contribution in [2.75, 3.05) is 0 Å². The topological polar surface area (TPSA) is 55.9 Å². The fraction of sp³-hybridized carbons (Fsp3) is 0.727. The average Bonchev–Trinajstić information content (AvgIpc) is 2.67. The van der Waals surface area contributed by atoms with Gasteiger partial charge >= 0.3 is 0 Å². The number of hydrogen-bond acceptors (Lipinski definition) is 3. The van der Waals surface area contributed by atoms with Crippen LogP contribution in [0.2, 0.25) is 0 Å². The Hall–Kier alpha value is -0.870. The van der Waals surface area contributed by atoms with E-state index in [0.717, 1.165) is 18.0 Å². The maximum absolute atomic E-state index is 5.60. The van der Waals surface area contributed by atoms with E-state index in [4.69, 9.17) is 5.84 Å². The van der Waals surface area contributed by atoms with Gasteiger partial charge in [0, 0.05) is 13.2 Å². The fourth-order valence-electron chi connectivity index (χ4n) is 1.93. The van der Waals surface area contributed by atoms with Crippen molar-refractivity contribution in [3.8, 4) is 0 Å². The predicted octanol–water partition coefficient (Wildman–Crippen LogP) is 1.75. The fourth-order valence-corrected chi connectivity index (χ4v) is 1.93. The molecule has 4 nitrogen and oxygen atoms in total. The van der Waals surface area contributed by atoms with E-state index < -0.39 is 0 Å². The molecule has 1 rings (SSSR count). The van der Waals surface area contributed by atoms with Crippen molar-refractivity contribution in [1.29, 1.82) is 0 Å². The summed E-state index contributed by atoms with van der Waals surface area (Å²) in [6, 6.07) is 0.211. The third-order valence-corrected chi connectivity index (χ3v) is 3.14. The first-order valence-electron chi connectivity index (χ1n) is 5.65. The first-order chi connectivity index (χ1) is 7.22. The van der Waals surface area contributed by atoms with Gasteiger partial charge in [0.25, 0.3) is 0 Å². The average molecular weight is 210 g/mol. The lowest BCUT2D eigenvalue weighted by atomic mass is 9.94. The molecule has 0 aromatic carbocycles. The summed E-state index contributed by atoms with van der Waals surface area (Å²) < 4.78 is 2.02. The largest absolute Gasteiger partial charge is 0.336 e. The minimum Gasteiger partial charge on any atom is -0.336 e. The van der Waals surface area contributed by atoms with Crippen molar-refractivity contribution in [1.82, 2.24) is 15.0 Å². The van der Waals surface area contributed by atoms with Crippen molar-refractivity contribution in [2.24, 2.45) is 18.8 Å². The molecule has 15 heavy (non-hydrogen) atoms. The van der Waals surface area contributed by atoms with Crippen LogP contribution in [-0.2, 0) is 7.05 Å². The molecular weight excluding hydrogens is 188 g/mol. The second kappa shape index (κ2) is 5.88. The van der Waals surface area contributed by atoms with Crippen molar-refractivity contribution >= 4 is 0 Å². The standard InChI is InChI=1S/C11H22N4/c1-4-9(5-2)6-10(14-12)11-7-13-8-15(11)3/h7-10,14H,4-6,12H2,1-3H3. The summed E-state index contributed by atoms with van der Waals surface area (Å²) in [4.78, 5) is 4.12. The van der Waals surface area contributed by atoms with Crippen LogP contribution in [0.5, 0.6) is 0 Å². The maximum Gasteiger partial charge on any atom is 0.0946 e. The van der Waals surface area contributed by atoms with Gasteiger partial charge in [-0.25, -0.2) is 4.98 Å². The van der Waals surface area contributed by atoms with Crippen LogP contribution in [0.4, 0.5) is 0 Å². The van der Waals surface area contributed by atoms with Gasteiger partial charge in [-0.15, -0.1) is 0 Å². The third-order valence-electron chi connectivity index (χ3n) is 3.14. The smallest absolute Gasteiger partial charge is 0.0946 e. The van der Waals surface area contributed by atoms with E-state index in [2.05, 4.69) is 24.3 Å². The van der Waals surface area contributed by atoms with Crippen LogP contribution < -0.4 is 11.3 Å². The van der Waals surface area contributed by atoms with Crippen LogP contribution in [0.25, 0.3) is 0 Å².